The summed E-state index contributed by atoms with van der Waals surface area (Å²) in [5, 5.41) is 0. The maximum atomic E-state index is 5.97. The van der Waals surface area contributed by atoms with Crippen molar-refractivity contribution in [1.82, 2.24) is 0 Å². The minimum absolute atomic E-state index is 0.188. The van der Waals surface area contributed by atoms with Gasteiger partial charge in [0, 0.05) is 13.5 Å². The molecule has 0 unspecified atom stereocenters. The maximum absolute atomic E-state index is 5.97. The van der Waals surface area contributed by atoms with Gasteiger partial charge in [-0.1, -0.05) is 6.07 Å². The zero-order chi connectivity index (χ0) is 13.6. The van der Waals surface area contributed by atoms with Gasteiger partial charge in [0.25, 0.3) is 0 Å². The van der Waals surface area contributed by atoms with Crippen molar-refractivity contribution in [2.75, 3.05) is 26.1 Å². The fraction of sp³-hybridized carbons (Fsp3) is 0.571. The smallest absolute Gasteiger partial charge is 0.146 e. The zero-order valence-corrected chi connectivity index (χ0v) is 11.7. The van der Waals surface area contributed by atoms with Crippen LogP contribution in [0.1, 0.15) is 27.2 Å². The highest BCUT2D eigenvalue weighted by molar-refractivity contribution is 5.62. The summed E-state index contributed by atoms with van der Waals surface area (Å²) in [7, 11) is 1.70. The highest BCUT2D eigenvalue weighted by atomic mass is 16.5. The minimum atomic E-state index is -0.188. The lowest BCUT2D eigenvalue weighted by Crippen LogP contribution is -2.25. The molecule has 0 saturated heterocycles. The number of hydrogen-bond donors (Lipinski definition) is 1. The van der Waals surface area contributed by atoms with Crippen LogP contribution < -0.4 is 15.2 Å². The standard InChI is InChI=1S/C14H23NO3/c1-5-17-11-7-6-8-12(13(11)15)18-10-9-14(2,3)16-4/h6-8H,5,9-10,15H2,1-4H3. The molecule has 0 radical (unpaired) electrons. The molecule has 0 aliphatic rings. The van der Waals surface area contributed by atoms with E-state index in [4.69, 9.17) is 19.9 Å². The van der Waals surface area contributed by atoms with Gasteiger partial charge in [-0.2, -0.15) is 0 Å². The van der Waals surface area contributed by atoms with Crippen LogP contribution in [0.4, 0.5) is 5.69 Å². The van der Waals surface area contributed by atoms with E-state index < -0.39 is 0 Å². The van der Waals surface area contributed by atoms with Gasteiger partial charge in [-0.3, -0.25) is 0 Å². The van der Waals surface area contributed by atoms with E-state index in [1.54, 1.807) is 7.11 Å². The SMILES string of the molecule is CCOc1cccc(OCCC(C)(C)OC)c1N. The Morgan fingerprint density at radius 1 is 1.17 bits per heavy atom. The van der Waals surface area contributed by atoms with Gasteiger partial charge in [0.2, 0.25) is 0 Å². The Kier molecular flexibility index (Phi) is 5.28. The van der Waals surface area contributed by atoms with Gasteiger partial charge in [0.15, 0.2) is 0 Å². The van der Waals surface area contributed by atoms with Crippen LogP contribution in [0, 0.1) is 0 Å². The molecule has 0 atom stereocenters. The molecule has 1 rings (SSSR count). The van der Waals surface area contributed by atoms with Crippen molar-refractivity contribution in [3.63, 3.8) is 0 Å². The molecule has 102 valence electrons. The van der Waals surface area contributed by atoms with Crippen molar-refractivity contribution in [3.8, 4) is 11.5 Å². The minimum Gasteiger partial charge on any atom is -0.492 e. The van der Waals surface area contributed by atoms with Crippen molar-refractivity contribution in [3.05, 3.63) is 18.2 Å². The fourth-order valence-electron chi connectivity index (χ4n) is 1.44. The summed E-state index contributed by atoms with van der Waals surface area (Å²) < 4.78 is 16.4. The molecular weight excluding hydrogens is 230 g/mol. The Morgan fingerprint density at radius 3 is 2.33 bits per heavy atom. The topological polar surface area (TPSA) is 53.7 Å². The van der Waals surface area contributed by atoms with Gasteiger partial charge in [-0.05, 0) is 32.9 Å². The predicted octanol–water partition coefficient (Wildman–Crippen LogP) is 2.86. The molecule has 0 bridgehead atoms. The highest BCUT2D eigenvalue weighted by Gasteiger charge is 2.16. The molecule has 0 aliphatic carbocycles. The summed E-state index contributed by atoms with van der Waals surface area (Å²) in [5.41, 5.74) is 6.33. The second-order valence-corrected chi connectivity index (χ2v) is 4.66. The first kappa shape index (κ1) is 14.6. The number of nitrogens with two attached hydrogens (primary N) is 1. The van der Waals surface area contributed by atoms with E-state index in [-0.39, 0.29) is 5.60 Å². The summed E-state index contributed by atoms with van der Waals surface area (Å²) in [6.07, 6.45) is 0.793. The lowest BCUT2D eigenvalue weighted by molar-refractivity contribution is 0.00550. The lowest BCUT2D eigenvalue weighted by atomic mass is 10.1. The quantitative estimate of drug-likeness (QED) is 0.759. The average Bonchev–Trinajstić information content (AvgIpc) is 2.34. The van der Waals surface area contributed by atoms with Crippen LogP contribution in [-0.2, 0) is 4.74 Å². The number of anilines is 1. The van der Waals surface area contributed by atoms with Crippen molar-refractivity contribution in [2.24, 2.45) is 0 Å². The Labute approximate surface area is 109 Å². The van der Waals surface area contributed by atoms with Crippen molar-refractivity contribution in [1.29, 1.82) is 0 Å². The van der Waals surface area contributed by atoms with Gasteiger partial charge in [0.05, 0.1) is 18.8 Å². The third-order valence-electron chi connectivity index (χ3n) is 2.84. The van der Waals surface area contributed by atoms with Crippen LogP contribution in [0.5, 0.6) is 11.5 Å². The van der Waals surface area contributed by atoms with E-state index in [1.165, 1.54) is 0 Å². The number of methoxy groups -OCH3 is 1. The van der Waals surface area contributed by atoms with Crippen LogP contribution in [0.2, 0.25) is 0 Å². The lowest BCUT2D eigenvalue weighted by Gasteiger charge is -2.23. The normalized spacial score (nSPS) is 11.3. The maximum Gasteiger partial charge on any atom is 0.146 e. The number of nitrogen functional groups attached to an aromatic ring is 1. The molecule has 18 heavy (non-hydrogen) atoms. The largest absolute Gasteiger partial charge is 0.492 e. The summed E-state index contributed by atoms with van der Waals surface area (Å²) >= 11 is 0. The summed E-state index contributed by atoms with van der Waals surface area (Å²) in [6, 6.07) is 5.56. The number of rotatable bonds is 7. The Hall–Kier alpha value is -1.42. The molecule has 0 fully saturated rings. The molecule has 0 saturated carbocycles. The summed E-state index contributed by atoms with van der Waals surface area (Å²) in [6.45, 7) is 7.12. The molecule has 1 aromatic carbocycles. The molecule has 2 N–H and O–H groups in total. The molecule has 0 aliphatic heterocycles. The predicted molar refractivity (Wildman–Crippen MR) is 73.2 cm³/mol. The average molecular weight is 253 g/mol. The number of ether oxygens (including phenoxy) is 3. The first-order chi connectivity index (χ1) is 8.50. The zero-order valence-electron chi connectivity index (χ0n) is 11.7. The van der Waals surface area contributed by atoms with E-state index in [0.717, 1.165) is 6.42 Å². The van der Waals surface area contributed by atoms with Gasteiger partial charge < -0.3 is 19.9 Å². The second-order valence-electron chi connectivity index (χ2n) is 4.66. The molecule has 0 aromatic heterocycles. The summed E-state index contributed by atoms with van der Waals surface area (Å²) in [4.78, 5) is 0. The van der Waals surface area contributed by atoms with Crippen LogP contribution in [0.25, 0.3) is 0 Å². The Balaban J connectivity index is 2.60. The first-order valence-corrected chi connectivity index (χ1v) is 6.19. The fourth-order valence-corrected chi connectivity index (χ4v) is 1.44. The van der Waals surface area contributed by atoms with E-state index in [2.05, 4.69) is 0 Å². The van der Waals surface area contributed by atoms with Crippen molar-refractivity contribution < 1.29 is 14.2 Å². The second kappa shape index (κ2) is 6.50. The molecule has 0 heterocycles. The van der Waals surface area contributed by atoms with Crippen LogP contribution in [0.15, 0.2) is 18.2 Å². The Morgan fingerprint density at radius 2 is 1.78 bits per heavy atom. The van der Waals surface area contributed by atoms with E-state index in [9.17, 15) is 0 Å². The summed E-state index contributed by atoms with van der Waals surface area (Å²) in [5.74, 6) is 1.33. The van der Waals surface area contributed by atoms with Gasteiger partial charge in [-0.15, -0.1) is 0 Å². The molecule has 1 aromatic rings. The van der Waals surface area contributed by atoms with Gasteiger partial charge >= 0.3 is 0 Å². The number of para-hydroxylation sites is 1. The number of benzene rings is 1. The van der Waals surface area contributed by atoms with Crippen LogP contribution in [0.3, 0.4) is 0 Å². The molecule has 4 nitrogen and oxygen atoms in total. The monoisotopic (exact) mass is 253 g/mol. The van der Waals surface area contributed by atoms with E-state index in [0.29, 0.717) is 30.4 Å². The Bertz CT molecular complexity index is 377. The third-order valence-corrected chi connectivity index (χ3v) is 2.84. The third kappa shape index (κ3) is 4.11. The van der Waals surface area contributed by atoms with E-state index >= 15 is 0 Å². The van der Waals surface area contributed by atoms with Crippen LogP contribution in [-0.4, -0.2) is 25.9 Å². The van der Waals surface area contributed by atoms with Crippen molar-refractivity contribution in [2.45, 2.75) is 32.8 Å². The highest BCUT2D eigenvalue weighted by Crippen LogP contribution is 2.31. The van der Waals surface area contributed by atoms with Crippen LogP contribution >= 0.6 is 0 Å². The molecule has 0 amide bonds. The molecular formula is C14H23NO3. The first-order valence-electron chi connectivity index (χ1n) is 6.19. The number of hydrogen-bond acceptors (Lipinski definition) is 4. The van der Waals surface area contributed by atoms with Gasteiger partial charge in [-0.25, -0.2) is 0 Å². The molecule has 4 heteroatoms. The van der Waals surface area contributed by atoms with Gasteiger partial charge in [0.1, 0.15) is 17.2 Å². The molecule has 0 spiro atoms. The van der Waals surface area contributed by atoms with E-state index in [1.807, 2.05) is 39.0 Å². The van der Waals surface area contributed by atoms with Crippen molar-refractivity contribution >= 4 is 5.69 Å².